The van der Waals surface area contributed by atoms with E-state index in [2.05, 4.69) is 4.98 Å². The summed E-state index contributed by atoms with van der Waals surface area (Å²) in [6.45, 7) is 0. The summed E-state index contributed by atoms with van der Waals surface area (Å²) in [5.74, 6) is -1.34. The molecule has 2 atom stereocenters. The first-order chi connectivity index (χ1) is 9.54. The number of ether oxygens (including phenoxy) is 1. The molecule has 1 heterocycles. The first-order valence-corrected chi connectivity index (χ1v) is 6.21. The molecule has 0 aliphatic heterocycles. The fourth-order valence-electron chi connectivity index (χ4n) is 2.20. The highest BCUT2D eigenvalue weighted by molar-refractivity contribution is 6.06. The van der Waals surface area contributed by atoms with Crippen molar-refractivity contribution in [2.75, 3.05) is 7.11 Å². The minimum absolute atomic E-state index is 0.315. The predicted octanol–water partition coefficient (Wildman–Crippen LogP) is 0.107. The van der Waals surface area contributed by atoms with Crippen LogP contribution in [0.4, 0.5) is 0 Å². The number of hydrogen-bond donors (Lipinski definition) is 3. The Morgan fingerprint density at radius 2 is 2.05 bits per heavy atom. The van der Waals surface area contributed by atoms with E-state index in [1.807, 2.05) is 30.5 Å². The summed E-state index contributed by atoms with van der Waals surface area (Å²) < 4.78 is 4.79. The highest BCUT2D eigenvalue weighted by Crippen LogP contribution is 2.19. The lowest BCUT2D eigenvalue weighted by Crippen LogP contribution is -2.47. The normalized spacial score (nSPS) is 14.1. The summed E-state index contributed by atoms with van der Waals surface area (Å²) in [6.07, 6.45) is 0.829. The van der Waals surface area contributed by atoms with E-state index in [0.29, 0.717) is 6.42 Å². The minimum atomic E-state index is -1.30. The van der Waals surface area contributed by atoms with Gasteiger partial charge in [0.05, 0.1) is 6.04 Å². The van der Waals surface area contributed by atoms with Crippen LogP contribution < -0.4 is 11.5 Å². The molecule has 5 N–H and O–H groups in total. The molecule has 1 aromatic carbocycles. The second kappa shape index (κ2) is 5.85. The SMILES string of the molecule is COC(C(N)=O)C(=O)[C@@H](N)Cc1c[nH]c2ccccc12. The maximum Gasteiger partial charge on any atom is 0.254 e. The smallest absolute Gasteiger partial charge is 0.254 e. The average Bonchev–Trinajstić information content (AvgIpc) is 2.82. The molecule has 6 heteroatoms. The van der Waals surface area contributed by atoms with E-state index in [1.54, 1.807) is 0 Å². The molecule has 0 aliphatic rings. The van der Waals surface area contributed by atoms with Gasteiger partial charge in [0.25, 0.3) is 5.91 Å². The van der Waals surface area contributed by atoms with Gasteiger partial charge in [0.2, 0.25) is 0 Å². The maximum absolute atomic E-state index is 12.0. The van der Waals surface area contributed by atoms with Gasteiger partial charge in [-0.05, 0) is 18.1 Å². The number of methoxy groups -OCH3 is 1. The number of amides is 1. The Balaban J connectivity index is 2.17. The lowest BCUT2D eigenvalue weighted by Gasteiger charge is -2.15. The topological polar surface area (TPSA) is 111 Å². The Bertz CT molecular complexity index is 635. The zero-order valence-electron chi connectivity index (χ0n) is 11.1. The van der Waals surface area contributed by atoms with Gasteiger partial charge in [-0.2, -0.15) is 0 Å². The van der Waals surface area contributed by atoms with Gasteiger partial charge >= 0.3 is 0 Å². The van der Waals surface area contributed by atoms with Crippen LogP contribution in [0.25, 0.3) is 10.9 Å². The van der Waals surface area contributed by atoms with E-state index in [9.17, 15) is 9.59 Å². The van der Waals surface area contributed by atoms with Crippen LogP contribution in [0.1, 0.15) is 5.56 Å². The first kappa shape index (κ1) is 14.2. The number of nitrogens with one attached hydrogen (secondary N) is 1. The zero-order chi connectivity index (χ0) is 14.7. The highest BCUT2D eigenvalue weighted by Gasteiger charge is 2.29. The molecule has 0 saturated heterocycles. The molecule has 1 aromatic heterocycles. The van der Waals surface area contributed by atoms with E-state index in [1.165, 1.54) is 7.11 Å². The van der Waals surface area contributed by atoms with Crippen molar-refractivity contribution < 1.29 is 14.3 Å². The molecule has 0 bridgehead atoms. The number of ketones is 1. The van der Waals surface area contributed by atoms with Crippen LogP contribution in [0.15, 0.2) is 30.5 Å². The first-order valence-electron chi connectivity index (χ1n) is 6.21. The summed E-state index contributed by atoms with van der Waals surface area (Å²) >= 11 is 0. The molecule has 0 fully saturated rings. The van der Waals surface area contributed by atoms with E-state index in [0.717, 1.165) is 16.5 Å². The molecule has 1 amide bonds. The Morgan fingerprint density at radius 3 is 2.70 bits per heavy atom. The standard InChI is InChI=1S/C14H17N3O3/c1-20-13(14(16)19)12(18)10(15)6-8-7-17-11-5-3-2-4-9(8)11/h2-5,7,10,13,17H,6,15H2,1H3,(H2,16,19)/t10-,13?/m0/s1. The van der Waals surface area contributed by atoms with Crippen molar-refractivity contribution in [3.63, 3.8) is 0 Å². The molecule has 0 spiro atoms. The molecular formula is C14H17N3O3. The molecule has 0 radical (unpaired) electrons. The monoisotopic (exact) mass is 275 g/mol. The van der Waals surface area contributed by atoms with Crippen LogP contribution in [0.3, 0.4) is 0 Å². The van der Waals surface area contributed by atoms with Crippen LogP contribution >= 0.6 is 0 Å². The van der Waals surface area contributed by atoms with Gasteiger partial charge in [-0.25, -0.2) is 0 Å². The number of nitrogens with two attached hydrogens (primary N) is 2. The largest absolute Gasteiger partial charge is 0.367 e. The number of rotatable bonds is 6. The second-order valence-corrected chi connectivity index (χ2v) is 4.59. The average molecular weight is 275 g/mol. The summed E-state index contributed by atoms with van der Waals surface area (Å²) in [7, 11) is 1.26. The fraction of sp³-hybridized carbons (Fsp3) is 0.286. The third kappa shape index (κ3) is 2.71. The Hall–Kier alpha value is -2.18. The van der Waals surface area contributed by atoms with Gasteiger partial charge in [-0.1, -0.05) is 18.2 Å². The van der Waals surface area contributed by atoms with Gasteiger partial charge in [0.1, 0.15) is 0 Å². The molecule has 2 rings (SSSR count). The molecule has 6 nitrogen and oxygen atoms in total. The number of aromatic nitrogens is 1. The van der Waals surface area contributed by atoms with Gasteiger partial charge < -0.3 is 21.2 Å². The third-order valence-electron chi connectivity index (χ3n) is 3.23. The van der Waals surface area contributed by atoms with E-state index in [4.69, 9.17) is 16.2 Å². The maximum atomic E-state index is 12.0. The second-order valence-electron chi connectivity index (χ2n) is 4.59. The number of H-pyrrole nitrogens is 1. The Kier molecular flexibility index (Phi) is 4.16. The number of Topliss-reactive ketones (excluding diaryl/α,β-unsaturated/α-hetero) is 1. The van der Waals surface area contributed by atoms with Crippen molar-refractivity contribution in [3.05, 3.63) is 36.0 Å². The number of primary amides is 1. The van der Waals surface area contributed by atoms with Gasteiger partial charge in [0.15, 0.2) is 11.9 Å². The fourth-order valence-corrected chi connectivity index (χ4v) is 2.20. The van der Waals surface area contributed by atoms with Crippen molar-refractivity contribution in [1.29, 1.82) is 0 Å². The van der Waals surface area contributed by atoms with Crippen molar-refractivity contribution in [2.24, 2.45) is 11.5 Å². The van der Waals surface area contributed by atoms with Crippen LogP contribution in [-0.2, 0) is 20.7 Å². The number of para-hydroxylation sites is 1. The van der Waals surface area contributed by atoms with Crippen LogP contribution in [0.2, 0.25) is 0 Å². The van der Waals surface area contributed by atoms with Crippen molar-refractivity contribution in [1.82, 2.24) is 4.98 Å². The number of fused-ring (bicyclic) bond motifs is 1. The third-order valence-corrected chi connectivity index (χ3v) is 3.23. The molecule has 106 valence electrons. The van der Waals surface area contributed by atoms with Crippen molar-refractivity contribution in [3.8, 4) is 0 Å². The summed E-state index contributed by atoms with van der Waals surface area (Å²) in [6, 6.07) is 6.87. The van der Waals surface area contributed by atoms with Gasteiger partial charge in [-0.15, -0.1) is 0 Å². The number of aromatic amines is 1. The number of carbonyl (C=O) groups is 2. The van der Waals surface area contributed by atoms with Crippen LogP contribution in [-0.4, -0.2) is 35.9 Å². The zero-order valence-corrected chi connectivity index (χ0v) is 11.1. The minimum Gasteiger partial charge on any atom is -0.367 e. The van der Waals surface area contributed by atoms with Crippen molar-refractivity contribution in [2.45, 2.75) is 18.6 Å². The molecule has 0 aliphatic carbocycles. The van der Waals surface area contributed by atoms with Crippen molar-refractivity contribution >= 4 is 22.6 Å². The molecule has 20 heavy (non-hydrogen) atoms. The molecular weight excluding hydrogens is 258 g/mol. The lowest BCUT2D eigenvalue weighted by atomic mass is 9.99. The Labute approximate surface area is 116 Å². The number of benzene rings is 1. The summed E-state index contributed by atoms with van der Waals surface area (Å²) in [5, 5.41) is 1.00. The van der Waals surface area contributed by atoms with E-state index >= 15 is 0 Å². The molecule has 1 unspecified atom stereocenters. The van der Waals surface area contributed by atoms with E-state index < -0.39 is 23.8 Å². The predicted molar refractivity (Wildman–Crippen MR) is 75.0 cm³/mol. The summed E-state index contributed by atoms with van der Waals surface area (Å²) in [5.41, 5.74) is 12.9. The molecule has 2 aromatic rings. The molecule has 0 saturated carbocycles. The summed E-state index contributed by atoms with van der Waals surface area (Å²) in [4.78, 5) is 26.2. The highest BCUT2D eigenvalue weighted by atomic mass is 16.5. The van der Waals surface area contributed by atoms with Crippen LogP contribution in [0, 0.1) is 0 Å². The van der Waals surface area contributed by atoms with Gasteiger partial charge in [0, 0.05) is 24.2 Å². The van der Waals surface area contributed by atoms with E-state index in [-0.39, 0.29) is 0 Å². The number of hydrogen-bond acceptors (Lipinski definition) is 4. The van der Waals surface area contributed by atoms with Gasteiger partial charge in [-0.3, -0.25) is 9.59 Å². The quantitative estimate of drug-likeness (QED) is 0.649. The Morgan fingerprint density at radius 1 is 1.35 bits per heavy atom. The van der Waals surface area contributed by atoms with Crippen LogP contribution in [0.5, 0.6) is 0 Å². The number of carbonyl (C=O) groups excluding carboxylic acids is 2. The lowest BCUT2D eigenvalue weighted by molar-refractivity contribution is -0.140.